The molecule has 0 spiro atoms. The molecule has 86 valence electrons. The molecular formula is C11H15N3O2. The maximum absolute atomic E-state index is 10.6. The van der Waals surface area contributed by atoms with E-state index in [1.165, 1.54) is 18.9 Å². The first-order valence-electron chi connectivity index (χ1n) is 5.36. The third-order valence-corrected chi connectivity index (χ3v) is 3.05. The van der Waals surface area contributed by atoms with E-state index in [4.69, 9.17) is 0 Å². The molecule has 1 aliphatic rings. The van der Waals surface area contributed by atoms with Crippen molar-refractivity contribution >= 4 is 11.5 Å². The molecule has 5 heteroatoms. The van der Waals surface area contributed by atoms with Crippen LogP contribution >= 0.6 is 0 Å². The standard InChI is InChI=1S/C11H15N3O2/c1-8-9(14(15)16)3-4-10(13-8)12-7-11(2)5-6-11/h3-4H,5-7H2,1-2H3,(H,12,13). The number of hydrogen-bond donors (Lipinski definition) is 1. The van der Waals surface area contributed by atoms with Gasteiger partial charge in [0.05, 0.1) is 4.92 Å². The molecule has 1 aromatic rings. The Labute approximate surface area is 94.0 Å². The van der Waals surface area contributed by atoms with Gasteiger partial charge in [0.25, 0.3) is 5.69 Å². The van der Waals surface area contributed by atoms with E-state index in [2.05, 4.69) is 17.2 Å². The highest BCUT2D eigenvalue weighted by molar-refractivity contribution is 5.45. The van der Waals surface area contributed by atoms with Crippen molar-refractivity contribution in [3.05, 3.63) is 27.9 Å². The Bertz CT molecular complexity index is 427. The zero-order valence-electron chi connectivity index (χ0n) is 9.49. The minimum atomic E-state index is -0.408. The van der Waals surface area contributed by atoms with Crippen molar-refractivity contribution in [2.24, 2.45) is 5.41 Å². The first-order chi connectivity index (χ1) is 7.50. The zero-order valence-corrected chi connectivity index (χ0v) is 9.49. The third kappa shape index (κ3) is 2.29. The van der Waals surface area contributed by atoms with Crippen LogP contribution in [0.1, 0.15) is 25.5 Å². The molecule has 0 bridgehead atoms. The van der Waals surface area contributed by atoms with Gasteiger partial charge in [-0.1, -0.05) is 6.92 Å². The minimum absolute atomic E-state index is 0.0724. The number of rotatable bonds is 4. The quantitative estimate of drug-likeness (QED) is 0.626. The van der Waals surface area contributed by atoms with E-state index in [9.17, 15) is 10.1 Å². The molecule has 1 aromatic heterocycles. The second kappa shape index (κ2) is 3.73. The second-order valence-corrected chi connectivity index (χ2v) is 4.72. The van der Waals surface area contributed by atoms with E-state index in [0.717, 1.165) is 12.4 Å². The van der Waals surface area contributed by atoms with Crippen LogP contribution in [0.15, 0.2) is 12.1 Å². The van der Waals surface area contributed by atoms with Gasteiger partial charge in [-0.3, -0.25) is 10.1 Å². The van der Waals surface area contributed by atoms with E-state index in [0.29, 0.717) is 11.1 Å². The summed E-state index contributed by atoms with van der Waals surface area (Å²) in [5.74, 6) is 0.719. The Balaban J connectivity index is 2.05. The van der Waals surface area contributed by atoms with Gasteiger partial charge in [-0.25, -0.2) is 4.98 Å². The van der Waals surface area contributed by atoms with E-state index in [1.54, 1.807) is 13.0 Å². The van der Waals surface area contributed by atoms with Crippen molar-refractivity contribution < 1.29 is 4.92 Å². The van der Waals surface area contributed by atoms with Gasteiger partial charge >= 0.3 is 0 Å². The summed E-state index contributed by atoms with van der Waals surface area (Å²) in [6, 6.07) is 3.16. The van der Waals surface area contributed by atoms with Crippen LogP contribution in [-0.2, 0) is 0 Å². The second-order valence-electron chi connectivity index (χ2n) is 4.72. The van der Waals surface area contributed by atoms with Gasteiger partial charge in [-0.05, 0) is 31.2 Å². The molecule has 0 aliphatic heterocycles. The van der Waals surface area contributed by atoms with Crippen molar-refractivity contribution in [1.29, 1.82) is 0 Å². The molecular weight excluding hydrogens is 206 g/mol. The minimum Gasteiger partial charge on any atom is -0.370 e. The fraction of sp³-hybridized carbons (Fsp3) is 0.545. The molecule has 0 aromatic carbocycles. The number of hydrogen-bond acceptors (Lipinski definition) is 4. The Morgan fingerprint density at radius 1 is 1.56 bits per heavy atom. The first kappa shape index (κ1) is 10.9. The van der Waals surface area contributed by atoms with Crippen molar-refractivity contribution in [1.82, 2.24) is 4.98 Å². The molecule has 0 atom stereocenters. The molecule has 2 rings (SSSR count). The topological polar surface area (TPSA) is 68.1 Å². The van der Waals surface area contributed by atoms with Gasteiger partial charge in [0.1, 0.15) is 11.5 Å². The maximum atomic E-state index is 10.6. The van der Waals surface area contributed by atoms with Crippen LogP contribution < -0.4 is 5.32 Å². The smallest absolute Gasteiger partial charge is 0.290 e. The monoisotopic (exact) mass is 221 g/mol. The van der Waals surface area contributed by atoms with E-state index >= 15 is 0 Å². The number of aryl methyl sites for hydroxylation is 1. The fourth-order valence-electron chi connectivity index (χ4n) is 1.54. The predicted octanol–water partition coefficient (Wildman–Crippen LogP) is 2.51. The number of nitrogens with zero attached hydrogens (tertiary/aromatic N) is 2. The van der Waals surface area contributed by atoms with Crippen molar-refractivity contribution in [3.8, 4) is 0 Å². The lowest BCUT2D eigenvalue weighted by Gasteiger charge is -2.10. The van der Waals surface area contributed by atoms with Crippen LogP contribution in [0.2, 0.25) is 0 Å². The van der Waals surface area contributed by atoms with Crippen LogP contribution in [0, 0.1) is 22.5 Å². The van der Waals surface area contributed by atoms with E-state index < -0.39 is 4.92 Å². The normalized spacial score (nSPS) is 16.9. The van der Waals surface area contributed by atoms with Crippen molar-refractivity contribution in [3.63, 3.8) is 0 Å². The molecule has 0 saturated heterocycles. The summed E-state index contributed by atoms with van der Waals surface area (Å²) in [6.45, 7) is 4.76. The number of nitro groups is 1. The Kier molecular flexibility index (Phi) is 2.53. The van der Waals surface area contributed by atoms with Gasteiger partial charge in [0.2, 0.25) is 0 Å². The molecule has 5 nitrogen and oxygen atoms in total. The van der Waals surface area contributed by atoms with Crippen LogP contribution in [0.5, 0.6) is 0 Å². The predicted molar refractivity (Wildman–Crippen MR) is 61.5 cm³/mol. The molecule has 0 unspecified atom stereocenters. The molecule has 0 amide bonds. The Morgan fingerprint density at radius 2 is 2.25 bits per heavy atom. The number of aromatic nitrogens is 1. The highest BCUT2D eigenvalue weighted by atomic mass is 16.6. The molecule has 1 saturated carbocycles. The lowest BCUT2D eigenvalue weighted by Crippen LogP contribution is -2.13. The van der Waals surface area contributed by atoms with Crippen LogP contribution in [0.4, 0.5) is 11.5 Å². The van der Waals surface area contributed by atoms with Crippen molar-refractivity contribution in [2.75, 3.05) is 11.9 Å². The molecule has 1 heterocycles. The summed E-state index contributed by atoms with van der Waals surface area (Å²) < 4.78 is 0. The summed E-state index contributed by atoms with van der Waals surface area (Å²) >= 11 is 0. The third-order valence-electron chi connectivity index (χ3n) is 3.05. The van der Waals surface area contributed by atoms with E-state index in [-0.39, 0.29) is 5.69 Å². The molecule has 16 heavy (non-hydrogen) atoms. The summed E-state index contributed by atoms with van der Waals surface area (Å²) in [7, 11) is 0. The molecule has 0 radical (unpaired) electrons. The number of pyridine rings is 1. The van der Waals surface area contributed by atoms with Crippen LogP contribution in [0.3, 0.4) is 0 Å². The average molecular weight is 221 g/mol. The molecule has 1 N–H and O–H groups in total. The highest BCUT2D eigenvalue weighted by Gasteiger charge is 2.36. The van der Waals surface area contributed by atoms with Gasteiger partial charge in [0.15, 0.2) is 0 Å². The van der Waals surface area contributed by atoms with Gasteiger partial charge in [0, 0.05) is 12.6 Å². The first-order valence-corrected chi connectivity index (χ1v) is 5.36. The van der Waals surface area contributed by atoms with Gasteiger partial charge in [-0.15, -0.1) is 0 Å². The molecule has 1 fully saturated rings. The van der Waals surface area contributed by atoms with Crippen LogP contribution in [-0.4, -0.2) is 16.5 Å². The summed E-state index contributed by atoms with van der Waals surface area (Å²) in [4.78, 5) is 14.4. The lowest BCUT2D eigenvalue weighted by atomic mass is 10.1. The summed E-state index contributed by atoms with van der Waals surface area (Å²) in [5.41, 5.74) is 0.927. The summed E-state index contributed by atoms with van der Waals surface area (Å²) in [5, 5.41) is 13.8. The SMILES string of the molecule is Cc1nc(NCC2(C)CC2)ccc1[N+](=O)[O-]. The fourth-order valence-corrected chi connectivity index (χ4v) is 1.54. The zero-order chi connectivity index (χ0) is 11.8. The summed E-state index contributed by atoms with van der Waals surface area (Å²) in [6.07, 6.45) is 2.48. The highest BCUT2D eigenvalue weighted by Crippen LogP contribution is 2.44. The maximum Gasteiger partial charge on any atom is 0.290 e. The Hall–Kier alpha value is -1.65. The van der Waals surface area contributed by atoms with Crippen LogP contribution in [0.25, 0.3) is 0 Å². The average Bonchev–Trinajstić information content (AvgIpc) is 2.94. The number of nitrogens with one attached hydrogen (secondary N) is 1. The van der Waals surface area contributed by atoms with Gasteiger partial charge < -0.3 is 5.32 Å². The van der Waals surface area contributed by atoms with Crippen molar-refractivity contribution in [2.45, 2.75) is 26.7 Å². The lowest BCUT2D eigenvalue weighted by molar-refractivity contribution is -0.385. The Morgan fingerprint density at radius 3 is 2.75 bits per heavy atom. The molecule has 1 aliphatic carbocycles. The largest absolute Gasteiger partial charge is 0.370 e. The van der Waals surface area contributed by atoms with Gasteiger partial charge in [-0.2, -0.15) is 0 Å². The number of anilines is 1. The van der Waals surface area contributed by atoms with E-state index in [1.807, 2.05) is 0 Å².